The molecule has 0 radical (unpaired) electrons. The normalized spacial score (nSPS) is 10.6. The Morgan fingerprint density at radius 2 is 2.00 bits per heavy atom. The van der Waals surface area contributed by atoms with Gasteiger partial charge in [-0.1, -0.05) is 34.8 Å². The molecule has 0 saturated heterocycles. The zero-order chi connectivity index (χ0) is 19.1. The molecule has 2 rings (SSSR count). The quantitative estimate of drug-likeness (QED) is 0.237. The van der Waals surface area contributed by atoms with Crippen molar-refractivity contribution in [3.8, 4) is 11.5 Å². The van der Waals surface area contributed by atoms with Crippen molar-refractivity contribution < 1.29 is 14.3 Å². The fraction of sp³-hybridized carbons (Fsp3) is 0.0667. The highest BCUT2D eigenvalue weighted by Gasteiger charge is 2.11. The van der Waals surface area contributed by atoms with Crippen molar-refractivity contribution in [3.63, 3.8) is 0 Å². The van der Waals surface area contributed by atoms with Crippen LogP contribution in [-0.2, 0) is 4.79 Å². The van der Waals surface area contributed by atoms with Gasteiger partial charge in [-0.25, -0.2) is 4.79 Å². The highest BCUT2D eigenvalue weighted by molar-refractivity contribution is 7.80. The molecule has 0 amide bonds. The number of nitrogens with one attached hydrogen (secondary N) is 1. The molecule has 0 aliphatic carbocycles. The molecule has 2 aromatic rings. The molecule has 7 nitrogen and oxygen atoms in total. The van der Waals surface area contributed by atoms with Gasteiger partial charge in [0.25, 0.3) is 0 Å². The Bertz CT molecular complexity index is 847. The topological polar surface area (TPSA) is 98.8 Å². The van der Waals surface area contributed by atoms with E-state index in [0.717, 1.165) is 0 Å². The molecular weight excluding hydrogens is 423 g/mol. The number of esters is 1. The van der Waals surface area contributed by atoms with Crippen LogP contribution in [0, 0.1) is 0 Å². The van der Waals surface area contributed by atoms with Gasteiger partial charge in [-0.15, -0.1) is 0 Å². The van der Waals surface area contributed by atoms with Gasteiger partial charge < -0.3 is 15.2 Å². The van der Waals surface area contributed by atoms with Crippen LogP contribution < -0.4 is 20.6 Å². The predicted molar refractivity (Wildman–Crippen MR) is 104 cm³/mol. The summed E-state index contributed by atoms with van der Waals surface area (Å²) >= 11 is 22.3. The minimum Gasteiger partial charge on any atom is -0.480 e. The molecule has 0 fully saturated rings. The third-order valence-corrected chi connectivity index (χ3v) is 3.79. The number of pyridine rings is 1. The average molecular weight is 434 g/mol. The largest absolute Gasteiger partial charge is 0.480 e. The summed E-state index contributed by atoms with van der Waals surface area (Å²) in [5, 5.41) is 4.55. The van der Waals surface area contributed by atoms with E-state index < -0.39 is 5.97 Å². The van der Waals surface area contributed by atoms with Crippen molar-refractivity contribution >= 4 is 64.3 Å². The minimum absolute atomic E-state index is 0.0360. The monoisotopic (exact) mass is 432 g/mol. The second kappa shape index (κ2) is 9.54. The lowest BCUT2D eigenvalue weighted by Gasteiger charge is -2.09. The van der Waals surface area contributed by atoms with Gasteiger partial charge >= 0.3 is 5.97 Å². The van der Waals surface area contributed by atoms with Gasteiger partial charge in [0.15, 0.2) is 11.7 Å². The van der Waals surface area contributed by atoms with Gasteiger partial charge in [0.1, 0.15) is 11.5 Å². The second-order valence-electron chi connectivity index (χ2n) is 4.61. The van der Waals surface area contributed by atoms with Gasteiger partial charge in [0.2, 0.25) is 0 Å². The first-order valence-electron chi connectivity index (χ1n) is 6.87. The van der Waals surface area contributed by atoms with E-state index in [1.807, 2.05) is 0 Å². The number of carbonyl (C=O) groups excluding carboxylic acids is 1. The lowest BCUT2D eigenvalue weighted by atomic mass is 10.3. The smallest absolute Gasteiger partial charge is 0.349 e. The predicted octanol–water partition coefficient (Wildman–Crippen LogP) is 3.19. The van der Waals surface area contributed by atoms with E-state index in [0.29, 0.717) is 5.69 Å². The maximum atomic E-state index is 11.8. The summed E-state index contributed by atoms with van der Waals surface area (Å²) in [4.78, 5) is 15.9. The molecule has 1 aromatic heterocycles. The molecule has 0 aliphatic heterocycles. The third-order valence-electron chi connectivity index (χ3n) is 2.68. The van der Waals surface area contributed by atoms with Crippen molar-refractivity contribution in [3.05, 3.63) is 51.2 Å². The molecule has 3 N–H and O–H groups in total. The molecule has 11 heteroatoms. The number of hydrazone groups is 1. The van der Waals surface area contributed by atoms with Crippen molar-refractivity contribution in [2.24, 2.45) is 10.8 Å². The molecule has 0 atom stereocenters. The maximum Gasteiger partial charge on any atom is 0.349 e. The van der Waals surface area contributed by atoms with E-state index in [9.17, 15) is 4.79 Å². The van der Waals surface area contributed by atoms with Crippen LogP contribution in [0.3, 0.4) is 0 Å². The van der Waals surface area contributed by atoms with Gasteiger partial charge in [-0.3, -0.25) is 10.4 Å². The van der Waals surface area contributed by atoms with Gasteiger partial charge in [-0.05, 0) is 30.4 Å². The van der Waals surface area contributed by atoms with E-state index >= 15 is 0 Å². The summed E-state index contributed by atoms with van der Waals surface area (Å²) in [6.45, 7) is -0.376. The molecule has 1 heterocycles. The number of halogens is 3. The molecule has 136 valence electrons. The number of carbonyl (C=O) groups is 1. The third kappa shape index (κ3) is 6.30. The molecule has 0 spiro atoms. The van der Waals surface area contributed by atoms with Crippen LogP contribution in [0.5, 0.6) is 11.5 Å². The Labute approximate surface area is 169 Å². The molecule has 0 aliphatic rings. The molecule has 0 saturated carbocycles. The standard InChI is InChI=1S/C15H11Cl3N4O3S/c16-10-3-12(18)13(4-11(10)17)24-7-14(23)25-9-2-1-8(20-6-9)5-21-22-15(19)26/h1-6H,7H2,(H3,19,22,26). The van der Waals surface area contributed by atoms with E-state index in [2.05, 4.69) is 27.7 Å². The fourth-order valence-electron chi connectivity index (χ4n) is 1.60. The van der Waals surface area contributed by atoms with Crippen LogP contribution in [0.15, 0.2) is 35.6 Å². The number of hydrogen-bond acceptors (Lipinski definition) is 6. The number of benzene rings is 1. The van der Waals surface area contributed by atoms with Crippen LogP contribution in [0.2, 0.25) is 15.1 Å². The molecular formula is C15H11Cl3N4O3S. The van der Waals surface area contributed by atoms with Crippen molar-refractivity contribution in [2.45, 2.75) is 0 Å². The first-order chi connectivity index (χ1) is 12.3. The zero-order valence-corrected chi connectivity index (χ0v) is 16.0. The van der Waals surface area contributed by atoms with E-state index in [4.69, 9.17) is 50.0 Å². The number of nitrogens with zero attached hydrogens (tertiary/aromatic N) is 2. The lowest BCUT2D eigenvalue weighted by Crippen LogP contribution is -2.24. The van der Waals surface area contributed by atoms with Crippen molar-refractivity contribution in [1.29, 1.82) is 0 Å². The number of nitrogens with two attached hydrogens (primary N) is 1. The Morgan fingerprint density at radius 3 is 2.65 bits per heavy atom. The van der Waals surface area contributed by atoms with E-state index in [1.54, 1.807) is 12.1 Å². The van der Waals surface area contributed by atoms with Crippen LogP contribution in [0.4, 0.5) is 0 Å². The first kappa shape index (κ1) is 20.2. The Morgan fingerprint density at radius 1 is 1.27 bits per heavy atom. The van der Waals surface area contributed by atoms with E-state index in [-0.39, 0.29) is 38.3 Å². The molecule has 0 bridgehead atoms. The highest BCUT2D eigenvalue weighted by Crippen LogP contribution is 2.33. The lowest BCUT2D eigenvalue weighted by molar-refractivity contribution is -0.136. The summed E-state index contributed by atoms with van der Waals surface area (Å²) in [5.41, 5.74) is 8.13. The van der Waals surface area contributed by atoms with Crippen LogP contribution in [-0.4, -0.2) is 28.9 Å². The van der Waals surface area contributed by atoms with Gasteiger partial charge in [0.05, 0.1) is 33.2 Å². The zero-order valence-electron chi connectivity index (χ0n) is 12.9. The van der Waals surface area contributed by atoms with Crippen molar-refractivity contribution in [1.82, 2.24) is 10.4 Å². The Kier molecular flexibility index (Phi) is 7.40. The maximum absolute atomic E-state index is 11.8. The summed E-state index contributed by atoms with van der Waals surface area (Å²) in [7, 11) is 0. The number of thiocarbonyl (C=S) groups is 1. The van der Waals surface area contributed by atoms with Crippen LogP contribution >= 0.6 is 47.0 Å². The summed E-state index contributed by atoms with van der Waals surface area (Å²) in [6, 6.07) is 5.96. The Hall–Kier alpha value is -2.13. The van der Waals surface area contributed by atoms with Gasteiger partial charge in [-0.2, -0.15) is 5.10 Å². The summed E-state index contributed by atoms with van der Waals surface area (Å²) < 4.78 is 10.4. The average Bonchev–Trinajstić information content (AvgIpc) is 2.58. The number of rotatable bonds is 6. The number of aromatic nitrogens is 1. The molecule has 26 heavy (non-hydrogen) atoms. The van der Waals surface area contributed by atoms with Crippen molar-refractivity contribution in [2.75, 3.05) is 6.61 Å². The van der Waals surface area contributed by atoms with E-state index in [1.165, 1.54) is 24.5 Å². The Balaban J connectivity index is 1.89. The summed E-state index contributed by atoms with van der Waals surface area (Å²) in [6.07, 6.45) is 2.76. The molecule has 1 aromatic carbocycles. The number of hydrogen-bond donors (Lipinski definition) is 2. The fourth-order valence-corrected chi connectivity index (χ4v) is 2.25. The second-order valence-corrected chi connectivity index (χ2v) is 6.27. The summed E-state index contributed by atoms with van der Waals surface area (Å²) in [5.74, 6) is -0.197. The highest BCUT2D eigenvalue weighted by atomic mass is 35.5. The number of ether oxygens (including phenoxy) is 2. The molecule has 0 unspecified atom stereocenters. The van der Waals surface area contributed by atoms with Crippen LogP contribution in [0.25, 0.3) is 0 Å². The van der Waals surface area contributed by atoms with Crippen LogP contribution in [0.1, 0.15) is 5.69 Å². The minimum atomic E-state index is -0.648. The first-order valence-corrected chi connectivity index (χ1v) is 8.42. The SMILES string of the molecule is NC(=S)NN=Cc1ccc(OC(=O)COc2cc(Cl)c(Cl)cc2Cl)cn1. The van der Waals surface area contributed by atoms with Gasteiger partial charge in [0, 0.05) is 6.07 Å².